The molecule has 15 heavy (non-hydrogen) atoms. The molecule has 1 aromatic carbocycles. The van der Waals surface area contributed by atoms with E-state index in [1.54, 1.807) is 0 Å². The minimum absolute atomic E-state index is 0.794. The van der Waals surface area contributed by atoms with Crippen molar-refractivity contribution in [1.29, 1.82) is 0 Å². The summed E-state index contributed by atoms with van der Waals surface area (Å²) in [4.78, 5) is 10.9. The molecule has 0 atom stereocenters. The lowest BCUT2D eigenvalue weighted by atomic mass is 9.96. The van der Waals surface area contributed by atoms with Crippen LogP contribution in [-0.2, 0) is 0 Å². The molecule has 1 aliphatic carbocycles. The van der Waals surface area contributed by atoms with Crippen LogP contribution in [0.2, 0.25) is 0 Å². The van der Waals surface area contributed by atoms with Crippen molar-refractivity contribution in [1.82, 2.24) is 0 Å². The van der Waals surface area contributed by atoms with E-state index in [-0.39, 0.29) is 0 Å². The number of hydrogen-bond donors (Lipinski definition) is 0. The third-order valence-electron chi connectivity index (χ3n) is 2.82. The zero-order chi connectivity index (χ0) is 10.7. The maximum atomic E-state index is 10.9. The van der Waals surface area contributed by atoms with Gasteiger partial charge in [-0.3, -0.25) is 4.79 Å². The van der Waals surface area contributed by atoms with Crippen molar-refractivity contribution in [2.75, 3.05) is 0 Å². The smallest absolute Gasteiger partial charge is 0.150 e. The van der Waals surface area contributed by atoms with Crippen molar-refractivity contribution in [2.45, 2.75) is 19.8 Å². The number of aldehydes is 1. The van der Waals surface area contributed by atoms with Gasteiger partial charge in [-0.05, 0) is 29.6 Å². The first-order valence-corrected chi connectivity index (χ1v) is 5.30. The van der Waals surface area contributed by atoms with Crippen LogP contribution in [0.3, 0.4) is 0 Å². The third kappa shape index (κ3) is 1.78. The number of rotatable bonds is 3. The number of carbonyl (C=O) groups is 1. The Labute approximate surface area is 90.1 Å². The molecule has 0 fully saturated rings. The summed E-state index contributed by atoms with van der Waals surface area (Å²) in [6, 6.07) is 7.80. The molecule has 0 spiro atoms. The van der Waals surface area contributed by atoms with E-state index in [0.29, 0.717) is 0 Å². The lowest BCUT2D eigenvalue weighted by Gasteiger charge is -2.08. The first-order chi connectivity index (χ1) is 7.36. The van der Waals surface area contributed by atoms with Crippen molar-refractivity contribution in [3.8, 4) is 0 Å². The highest BCUT2D eigenvalue weighted by atomic mass is 16.1. The van der Waals surface area contributed by atoms with Gasteiger partial charge in [-0.15, -0.1) is 0 Å². The highest BCUT2D eigenvalue weighted by Gasteiger charge is 2.12. The van der Waals surface area contributed by atoms with Crippen LogP contribution in [-0.4, -0.2) is 6.29 Å². The van der Waals surface area contributed by atoms with Crippen molar-refractivity contribution >= 4 is 11.9 Å². The van der Waals surface area contributed by atoms with Gasteiger partial charge in [-0.1, -0.05) is 43.3 Å². The van der Waals surface area contributed by atoms with E-state index in [1.165, 1.54) is 11.1 Å². The summed E-state index contributed by atoms with van der Waals surface area (Å²) in [7, 11) is 0. The van der Waals surface area contributed by atoms with Crippen LogP contribution in [0.5, 0.6) is 0 Å². The molecule has 0 aliphatic heterocycles. The summed E-state index contributed by atoms with van der Waals surface area (Å²) >= 11 is 0. The Morgan fingerprint density at radius 1 is 1.33 bits per heavy atom. The van der Waals surface area contributed by atoms with Gasteiger partial charge in [0, 0.05) is 5.56 Å². The first kappa shape index (κ1) is 9.91. The molecule has 0 unspecified atom stereocenters. The van der Waals surface area contributed by atoms with E-state index < -0.39 is 0 Å². The van der Waals surface area contributed by atoms with Gasteiger partial charge in [-0.25, -0.2) is 0 Å². The Kier molecular flexibility index (Phi) is 2.82. The Hall–Kier alpha value is -1.63. The highest BCUT2D eigenvalue weighted by Crippen LogP contribution is 2.31. The number of allylic oxidation sites excluding steroid dienone is 4. The van der Waals surface area contributed by atoms with Gasteiger partial charge in [0.25, 0.3) is 0 Å². The van der Waals surface area contributed by atoms with Crippen molar-refractivity contribution in [3.63, 3.8) is 0 Å². The molecular formula is C14H14O. The minimum atomic E-state index is 0.794. The second kappa shape index (κ2) is 4.26. The molecule has 76 valence electrons. The summed E-state index contributed by atoms with van der Waals surface area (Å²) in [6.07, 6.45) is 7.24. The highest BCUT2D eigenvalue weighted by molar-refractivity contribution is 5.88. The fourth-order valence-electron chi connectivity index (χ4n) is 2.04. The lowest BCUT2D eigenvalue weighted by Crippen LogP contribution is -1.92. The summed E-state index contributed by atoms with van der Waals surface area (Å²) in [5.74, 6) is 0. The maximum Gasteiger partial charge on any atom is 0.150 e. The van der Waals surface area contributed by atoms with Gasteiger partial charge in [-0.2, -0.15) is 0 Å². The van der Waals surface area contributed by atoms with Gasteiger partial charge in [0.05, 0.1) is 0 Å². The molecule has 0 amide bonds. The normalized spacial score (nSPS) is 14.7. The quantitative estimate of drug-likeness (QED) is 0.678. The number of carbonyl (C=O) groups excluding carboxylic acids is 1. The fraction of sp³-hybridized carbons (Fsp3) is 0.214. The Balaban J connectivity index is 2.50. The molecule has 1 heteroatoms. The second-order valence-corrected chi connectivity index (χ2v) is 3.67. The SMILES string of the molecule is CCC1=C(c2ccccc2C=O)CC=C1. The summed E-state index contributed by atoms with van der Waals surface area (Å²) in [6.45, 7) is 2.15. The van der Waals surface area contributed by atoms with Gasteiger partial charge >= 0.3 is 0 Å². The van der Waals surface area contributed by atoms with E-state index in [0.717, 1.165) is 30.3 Å². The predicted octanol–water partition coefficient (Wildman–Crippen LogP) is 3.62. The van der Waals surface area contributed by atoms with Crippen molar-refractivity contribution in [2.24, 2.45) is 0 Å². The Bertz CT molecular complexity index is 438. The topological polar surface area (TPSA) is 17.1 Å². The van der Waals surface area contributed by atoms with E-state index in [4.69, 9.17) is 0 Å². The van der Waals surface area contributed by atoms with Crippen LogP contribution < -0.4 is 0 Å². The molecular weight excluding hydrogens is 184 g/mol. The van der Waals surface area contributed by atoms with E-state index in [2.05, 4.69) is 19.1 Å². The summed E-state index contributed by atoms with van der Waals surface area (Å²) in [5, 5.41) is 0. The maximum absolute atomic E-state index is 10.9. The zero-order valence-corrected chi connectivity index (χ0v) is 8.86. The molecule has 0 bridgehead atoms. The van der Waals surface area contributed by atoms with Crippen LogP contribution in [0.4, 0.5) is 0 Å². The molecule has 0 saturated heterocycles. The van der Waals surface area contributed by atoms with Crippen LogP contribution >= 0.6 is 0 Å². The van der Waals surface area contributed by atoms with Crippen LogP contribution in [0, 0.1) is 0 Å². The van der Waals surface area contributed by atoms with Crippen molar-refractivity contribution in [3.05, 3.63) is 53.1 Å². The second-order valence-electron chi connectivity index (χ2n) is 3.67. The first-order valence-electron chi connectivity index (χ1n) is 5.30. The van der Waals surface area contributed by atoms with E-state index in [1.807, 2.05) is 24.3 Å². The van der Waals surface area contributed by atoms with E-state index >= 15 is 0 Å². The lowest BCUT2D eigenvalue weighted by molar-refractivity contribution is 0.112. The molecule has 2 rings (SSSR count). The van der Waals surface area contributed by atoms with Gasteiger partial charge < -0.3 is 0 Å². The van der Waals surface area contributed by atoms with Gasteiger partial charge in [0.15, 0.2) is 6.29 Å². The monoisotopic (exact) mass is 198 g/mol. The fourth-order valence-corrected chi connectivity index (χ4v) is 2.04. The molecule has 1 aromatic rings. The largest absolute Gasteiger partial charge is 0.298 e. The summed E-state index contributed by atoms with van der Waals surface area (Å²) < 4.78 is 0. The average molecular weight is 198 g/mol. The summed E-state index contributed by atoms with van der Waals surface area (Å²) in [5.41, 5.74) is 4.54. The molecule has 0 N–H and O–H groups in total. The standard InChI is InChI=1S/C14H14O/c1-2-11-7-5-9-13(11)14-8-4-3-6-12(14)10-15/h3-8,10H,2,9H2,1H3. The molecule has 1 nitrogen and oxygen atoms in total. The van der Waals surface area contributed by atoms with Crippen LogP contribution in [0.25, 0.3) is 5.57 Å². The van der Waals surface area contributed by atoms with E-state index in [9.17, 15) is 4.79 Å². The molecule has 0 aromatic heterocycles. The Morgan fingerprint density at radius 3 is 2.87 bits per heavy atom. The predicted molar refractivity (Wildman–Crippen MR) is 62.8 cm³/mol. The zero-order valence-electron chi connectivity index (χ0n) is 8.86. The number of benzene rings is 1. The van der Waals surface area contributed by atoms with Gasteiger partial charge in [0.1, 0.15) is 0 Å². The van der Waals surface area contributed by atoms with Crippen molar-refractivity contribution < 1.29 is 4.79 Å². The average Bonchev–Trinajstić information content (AvgIpc) is 2.76. The molecule has 1 aliphatic rings. The molecule has 0 radical (unpaired) electrons. The Morgan fingerprint density at radius 2 is 2.13 bits per heavy atom. The molecule has 0 saturated carbocycles. The van der Waals surface area contributed by atoms with Crippen LogP contribution in [0.15, 0.2) is 42.0 Å². The third-order valence-corrected chi connectivity index (χ3v) is 2.82. The van der Waals surface area contributed by atoms with Crippen LogP contribution in [0.1, 0.15) is 35.7 Å². The minimum Gasteiger partial charge on any atom is -0.298 e. The number of hydrogen-bond acceptors (Lipinski definition) is 1. The van der Waals surface area contributed by atoms with Gasteiger partial charge in [0.2, 0.25) is 0 Å². The molecule has 0 heterocycles.